The average molecular weight is 306 g/mol. The van der Waals surface area contributed by atoms with Gasteiger partial charge in [0.2, 0.25) is 5.91 Å². The van der Waals surface area contributed by atoms with Crippen LogP contribution >= 0.6 is 0 Å². The molecule has 122 valence electrons. The van der Waals surface area contributed by atoms with Crippen molar-refractivity contribution in [2.75, 3.05) is 45.9 Å². The summed E-state index contributed by atoms with van der Waals surface area (Å²) >= 11 is 0. The van der Waals surface area contributed by atoms with E-state index in [1.54, 1.807) is 0 Å². The van der Waals surface area contributed by atoms with Crippen LogP contribution in [0.5, 0.6) is 0 Å². The Hall–Kier alpha value is -1.40. The Kier molecular flexibility index (Phi) is 5.45. The van der Waals surface area contributed by atoms with Crippen LogP contribution < -0.4 is 0 Å². The molecular formula is C16H26N4O2. The van der Waals surface area contributed by atoms with Crippen molar-refractivity contribution in [2.24, 2.45) is 5.92 Å². The number of hydrogen-bond acceptors (Lipinski definition) is 4. The van der Waals surface area contributed by atoms with Gasteiger partial charge >= 0.3 is 0 Å². The zero-order chi connectivity index (χ0) is 15.2. The molecule has 0 atom stereocenters. The van der Waals surface area contributed by atoms with Crippen molar-refractivity contribution in [3.8, 4) is 0 Å². The number of nitrogens with zero attached hydrogens (tertiary/aromatic N) is 4. The van der Waals surface area contributed by atoms with E-state index in [0.717, 1.165) is 52.1 Å². The Bertz CT molecular complexity index is 449. The molecule has 1 amide bonds. The number of amides is 1. The maximum absolute atomic E-state index is 12.3. The molecule has 2 aliphatic heterocycles. The summed E-state index contributed by atoms with van der Waals surface area (Å²) in [5.41, 5.74) is 0. The molecule has 22 heavy (non-hydrogen) atoms. The van der Waals surface area contributed by atoms with Gasteiger partial charge in [0.1, 0.15) is 0 Å². The first-order valence-electron chi connectivity index (χ1n) is 8.36. The third-order valence-electron chi connectivity index (χ3n) is 4.74. The fourth-order valence-corrected chi connectivity index (χ4v) is 3.28. The highest BCUT2D eigenvalue weighted by Gasteiger charge is 2.24. The van der Waals surface area contributed by atoms with Crippen LogP contribution in [0.3, 0.4) is 0 Å². The molecule has 0 radical (unpaired) electrons. The van der Waals surface area contributed by atoms with Crippen molar-refractivity contribution in [1.82, 2.24) is 19.6 Å². The highest BCUT2D eigenvalue weighted by atomic mass is 16.5. The number of carbonyl (C=O) groups is 1. The van der Waals surface area contributed by atoms with Crippen molar-refractivity contribution in [3.05, 3.63) is 18.5 Å². The quantitative estimate of drug-likeness (QED) is 0.809. The SMILES string of the molecule is O=C(CC1CCN(CCn2cccn2)CC1)N1CCOCC1. The van der Waals surface area contributed by atoms with E-state index in [1.165, 1.54) is 0 Å². The number of morpholine rings is 1. The molecule has 0 unspecified atom stereocenters. The lowest BCUT2D eigenvalue weighted by atomic mass is 9.93. The lowest BCUT2D eigenvalue weighted by molar-refractivity contribution is -0.136. The van der Waals surface area contributed by atoms with Crippen LogP contribution in [0, 0.1) is 5.92 Å². The van der Waals surface area contributed by atoms with Crippen LogP contribution in [0.2, 0.25) is 0 Å². The second-order valence-corrected chi connectivity index (χ2v) is 6.25. The number of carbonyl (C=O) groups excluding carboxylic acids is 1. The number of ether oxygens (including phenoxy) is 1. The van der Waals surface area contributed by atoms with Gasteiger partial charge in [0.15, 0.2) is 0 Å². The molecule has 6 nitrogen and oxygen atoms in total. The number of hydrogen-bond donors (Lipinski definition) is 0. The molecule has 2 saturated heterocycles. The third-order valence-corrected chi connectivity index (χ3v) is 4.74. The Labute approximate surface area is 132 Å². The van der Waals surface area contributed by atoms with E-state index >= 15 is 0 Å². The van der Waals surface area contributed by atoms with E-state index in [0.29, 0.717) is 31.5 Å². The molecule has 0 aromatic carbocycles. The molecule has 6 heteroatoms. The van der Waals surface area contributed by atoms with Crippen molar-refractivity contribution in [2.45, 2.75) is 25.8 Å². The predicted octanol–water partition coefficient (Wildman–Crippen LogP) is 0.844. The molecule has 0 spiro atoms. The van der Waals surface area contributed by atoms with Crippen LogP contribution in [0.4, 0.5) is 0 Å². The first-order chi connectivity index (χ1) is 10.8. The van der Waals surface area contributed by atoms with Crippen LogP contribution in [0.25, 0.3) is 0 Å². The summed E-state index contributed by atoms with van der Waals surface area (Å²) in [5.74, 6) is 0.870. The zero-order valence-corrected chi connectivity index (χ0v) is 13.2. The van der Waals surface area contributed by atoms with E-state index in [2.05, 4.69) is 10.00 Å². The van der Waals surface area contributed by atoms with Gasteiger partial charge in [-0.1, -0.05) is 0 Å². The average Bonchev–Trinajstić information content (AvgIpc) is 3.08. The van der Waals surface area contributed by atoms with E-state index < -0.39 is 0 Å². The van der Waals surface area contributed by atoms with Gasteiger partial charge in [-0.3, -0.25) is 9.48 Å². The molecule has 2 fully saturated rings. The van der Waals surface area contributed by atoms with Crippen LogP contribution in [-0.2, 0) is 16.1 Å². The molecule has 0 aliphatic carbocycles. The van der Waals surface area contributed by atoms with E-state index in [4.69, 9.17) is 4.74 Å². The monoisotopic (exact) mass is 306 g/mol. The molecule has 0 N–H and O–H groups in total. The molecule has 0 saturated carbocycles. The largest absolute Gasteiger partial charge is 0.378 e. The molecule has 2 aliphatic rings. The summed E-state index contributed by atoms with van der Waals surface area (Å²) in [5, 5.41) is 4.24. The first kappa shape index (κ1) is 15.5. The summed E-state index contributed by atoms with van der Waals surface area (Å²) in [6.07, 6.45) is 6.81. The predicted molar refractivity (Wildman–Crippen MR) is 83.4 cm³/mol. The lowest BCUT2D eigenvalue weighted by Crippen LogP contribution is -2.42. The van der Waals surface area contributed by atoms with E-state index in [9.17, 15) is 4.79 Å². The summed E-state index contributed by atoms with van der Waals surface area (Å²) in [6, 6.07) is 1.96. The number of piperidine rings is 1. The highest BCUT2D eigenvalue weighted by molar-refractivity contribution is 5.76. The Morgan fingerprint density at radius 3 is 2.59 bits per heavy atom. The number of rotatable bonds is 5. The highest BCUT2D eigenvalue weighted by Crippen LogP contribution is 2.21. The van der Waals surface area contributed by atoms with Gasteiger partial charge in [-0.05, 0) is 37.9 Å². The fraction of sp³-hybridized carbons (Fsp3) is 0.750. The maximum Gasteiger partial charge on any atom is 0.223 e. The van der Waals surface area contributed by atoms with Gasteiger partial charge in [0, 0.05) is 38.4 Å². The fourth-order valence-electron chi connectivity index (χ4n) is 3.28. The molecule has 1 aromatic rings. The zero-order valence-electron chi connectivity index (χ0n) is 13.2. The van der Waals surface area contributed by atoms with Crippen molar-refractivity contribution < 1.29 is 9.53 Å². The molecule has 3 heterocycles. The molecular weight excluding hydrogens is 280 g/mol. The van der Waals surface area contributed by atoms with Crippen molar-refractivity contribution >= 4 is 5.91 Å². The first-order valence-corrected chi connectivity index (χ1v) is 8.36. The van der Waals surface area contributed by atoms with Gasteiger partial charge in [-0.2, -0.15) is 5.10 Å². The van der Waals surface area contributed by atoms with E-state index in [-0.39, 0.29) is 0 Å². The summed E-state index contributed by atoms with van der Waals surface area (Å²) in [6.45, 7) is 7.11. The third kappa shape index (κ3) is 4.30. The topological polar surface area (TPSA) is 50.6 Å². The lowest BCUT2D eigenvalue weighted by Gasteiger charge is -2.33. The minimum Gasteiger partial charge on any atom is -0.378 e. The van der Waals surface area contributed by atoms with Gasteiger partial charge in [-0.25, -0.2) is 0 Å². The van der Waals surface area contributed by atoms with Gasteiger partial charge in [-0.15, -0.1) is 0 Å². The number of aromatic nitrogens is 2. The van der Waals surface area contributed by atoms with Crippen LogP contribution in [0.1, 0.15) is 19.3 Å². The van der Waals surface area contributed by atoms with Crippen molar-refractivity contribution in [3.63, 3.8) is 0 Å². The number of likely N-dealkylation sites (tertiary alicyclic amines) is 1. The van der Waals surface area contributed by atoms with Gasteiger partial charge in [0.25, 0.3) is 0 Å². The molecule has 0 bridgehead atoms. The molecule has 3 rings (SSSR count). The minimum atomic E-state index is 0.318. The van der Waals surface area contributed by atoms with Gasteiger partial charge < -0.3 is 14.5 Å². The normalized spacial score (nSPS) is 21.2. The second kappa shape index (κ2) is 7.74. The smallest absolute Gasteiger partial charge is 0.223 e. The van der Waals surface area contributed by atoms with Crippen LogP contribution in [0.15, 0.2) is 18.5 Å². The maximum atomic E-state index is 12.3. The summed E-state index contributed by atoms with van der Waals surface area (Å²) < 4.78 is 7.28. The molecule has 1 aromatic heterocycles. The van der Waals surface area contributed by atoms with E-state index in [1.807, 2.05) is 28.0 Å². The minimum absolute atomic E-state index is 0.318. The Balaban J connectivity index is 1.35. The Morgan fingerprint density at radius 1 is 1.14 bits per heavy atom. The Morgan fingerprint density at radius 2 is 1.91 bits per heavy atom. The second-order valence-electron chi connectivity index (χ2n) is 6.25. The van der Waals surface area contributed by atoms with Crippen molar-refractivity contribution in [1.29, 1.82) is 0 Å². The van der Waals surface area contributed by atoms with Gasteiger partial charge in [0.05, 0.1) is 19.8 Å². The standard InChI is InChI=1S/C16H26N4O2/c21-16(19-10-12-22-13-11-19)14-15-2-6-18(7-3-15)8-9-20-5-1-4-17-20/h1,4-5,15H,2-3,6-14H2. The summed E-state index contributed by atoms with van der Waals surface area (Å²) in [4.78, 5) is 16.7. The summed E-state index contributed by atoms with van der Waals surface area (Å²) in [7, 11) is 0. The van der Waals surface area contributed by atoms with Crippen LogP contribution in [-0.4, -0.2) is 71.4 Å².